The number of carbonyl (C=O) groups is 1. The van der Waals surface area contributed by atoms with Gasteiger partial charge in [-0.2, -0.15) is 0 Å². The molecular weight excluding hydrogens is 242 g/mol. The molecule has 0 aromatic carbocycles. The molecule has 0 saturated heterocycles. The molecule has 2 N–H and O–H groups in total. The number of sulfone groups is 1. The Kier molecular flexibility index (Phi) is 7.38. The highest BCUT2D eigenvalue weighted by molar-refractivity contribution is 7.90. The topological polar surface area (TPSA) is 86.5 Å². The Balaban J connectivity index is 3.75. The van der Waals surface area contributed by atoms with Gasteiger partial charge in [-0.3, -0.25) is 4.79 Å². The molecule has 0 saturated carbocycles. The van der Waals surface area contributed by atoms with E-state index >= 15 is 0 Å². The molecule has 1 atom stereocenters. The third-order valence-electron chi connectivity index (χ3n) is 2.27. The summed E-state index contributed by atoms with van der Waals surface area (Å²) in [7, 11) is -3.08. The van der Waals surface area contributed by atoms with Crippen LogP contribution in [0.15, 0.2) is 0 Å². The van der Waals surface area contributed by atoms with E-state index in [4.69, 9.17) is 10.5 Å². The average molecular weight is 265 g/mol. The third kappa shape index (κ3) is 10.3. The summed E-state index contributed by atoms with van der Waals surface area (Å²) in [5.74, 6) is -0.0278. The number of carbonyl (C=O) groups excluding carboxylic acids is 1. The number of hydrogen-bond donors (Lipinski definition) is 1. The van der Waals surface area contributed by atoms with Gasteiger partial charge in [-0.15, -0.1) is 0 Å². The number of hydrogen-bond acceptors (Lipinski definition) is 5. The van der Waals surface area contributed by atoms with Crippen LogP contribution in [0.4, 0.5) is 0 Å². The number of rotatable bonds is 8. The first-order chi connectivity index (χ1) is 7.72. The fourth-order valence-corrected chi connectivity index (χ4v) is 1.91. The van der Waals surface area contributed by atoms with Crippen molar-refractivity contribution >= 4 is 15.8 Å². The first-order valence-corrected chi connectivity index (χ1v) is 7.88. The van der Waals surface area contributed by atoms with E-state index in [0.717, 1.165) is 19.1 Å². The Morgan fingerprint density at radius 2 is 1.88 bits per heavy atom. The lowest BCUT2D eigenvalue weighted by Crippen LogP contribution is -2.34. The average Bonchev–Trinajstić information content (AvgIpc) is 2.19. The van der Waals surface area contributed by atoms with E-state index in [2.05, 4.69) is 13.8 Å². The quantitative estimate of drug-likeness (QED) is 0.516. The zero-order valence-electron chi connectivity index (χ0n) is 10.8. The van der Waals surface area contributed by atoms with E-state index in [9.17, 15) is 13.2 Å². The van der Waals surface area contributed by atoms with Crippen LogP contribution in [-0.2, 0) is 19.4 Å². The minimum absolute atomic E-state index is 0.0880. The second-order valence-corrected chi connectivity index (χ2v) is 6.99. The molecule has 0 radical (unpaired) electrons. The molecular formula is C11H23NO4S. The van der Waals surface area contributed by atoms with E-state index in [0.29, 0.717) is 12.5 Å². The molecule has 0 spiro atoms. The van der Waals surface area contributed by atoms with Crippen LogP contribution in [0, 0.1) is 5.92 Å². The SMILES string of the molecule is CC(C)CCCOC(=O)C(N)CCS(C)(=O)=O. The maximum Gasteiger partial charge on any atom is 0.322 e. The predicted octanol–water partition coefficient (Wildman–Crippen LogP) is 0.728. The molecule has 0 aromatic heterocycles. The van der Waals surface area contributed by atoms with Crippen molar-refractivity contribution in [2.45, 2.75) is 39.2 Å². The first kappa shape index (κ1) is 16.4. The molecule has 0 heterocycles. The van der Waals surface area contributed by atoms with Gasteiger partial charge < -0.3 is 10.5 Å². The standard InChI is InChI=1S/C11H23NO4S/c1-9(2)5-4-7-16-11(13)10(12)6-8-17(3,14)15/h9-10H,4-8,12H2,1-3H3. The molecule has 0 bridgehead atoms. The molecule has 0 aliphatic heterocycles. The monoisotopic (exact) mass is 265 g/mol. The summed E-state index contributed by atoms with van der Waals surface area (Å²) in [6.07, 6.45) is 3.03. The summed E-state index contributed by atoms with van der Waals surface area (Å²) in [5, 5.41) is 0. The minimum Gasteiger partial charge on any atom is -0.465 e. The molecule has 0 fully saturated rings. The van der Waals surface area contributed by atoms with Crippen molar-refractivity contribution in [1.29, 1.82) is 0 Å². The van der Waals surface area contributed by atoms with E-state index in [1.54, 1.807) is 0 Å². The van der Waals surface area contributed by atoms with Crippen LogP contribution in [0.25, 0.3) is 0 Å². The summed E-state index contributed by atoms with van der Waals surface area (Å²) < 4.78 is 26.7. The molecule has 5 nitrogen and oxygen atoms in total. The van der Waals surface area contributed by atoms with Crippen LogP contribution in [0.2, 0.25) is 0 Å². The van der Waals surface area contributed by atoms with Crippen molar-refractivity contribution in [3.05, 3.63) is 0 Å². The Hall–Kier alpha value is -0.620. The van der Waals surface area contributed by atoms with Gasteiger partial charge in [0.15, 0.2) is 0 Å². The summed E-state index contributed by atoms with van der Waals surface area (Å²) in [4.78, 5) is 11.4. The number of nitrogens with two attached hydrogens (primary N) is 1. The van der Waals surface area contributed by atoms with Gasteiger partial charge in [0.25, 0.3) is 0 Å². The Morgan fingerprint density at radius 3 is 2.35 bits per heavy atom. The van der Waals surface area contributed by atoms with Crippen molar-refractivity contribution in [2.75, 3.05) is 18.6 Å². The van der Waals surface area contributed by atoms with Crippen molar-refractivity contribution in [1.82, 2.24) is 0 Å². The van der Waals surface area contributed by atoms with Gasteiger partial charge in [-0.05, 0) is 25.2 Å². The summed E-state index contributed by atoms with van der Waals surface area (Å²) in [5.41, 5.74) is 5.53. The fourth-order valence-electron chi connectivity index (χ4n) is 1.23. The lowest BCUT2D eigenvalue weighted by Gasteiger charge is -2.11. The maximum absolute atomic E-state index is 11.4. The zero-order valence-corrected chi connectivity index (χ0v) is 11.6. The highest BCUT2D eigenvalue weighted by Gasteiger charge is 2.17. The lowest BCUT2D eigenvalue weighted by molar-refractivity contribution is -0.145. The predicted molar refractivity (Wildman–Crippen MR) is 67.3 cm³/mol. The second-order valence-electron chi connectivity index (χ2n) is 4.73. The molecule has 6 heteroatoms. The van der Waals surface area contributed by atoms with Crippen LogP contribution in [-0.4, -0.2) is 39.0 Å². The Bertz CT molecular complexity index is 324. The largest absolute Gasteiger partial charge is 0.465 e. The van der Waals surface area contributed by atoms with E-state index < -0.39 is 21.8 Å². The van der Waals surface area contributed by atoms with Crippen molar-refractivity contribution in [3.8, 4) is 0 Å². The summed E-state index contributed by atoms with van der Waals surface area (Å²) >= 11 is 0. The second kappa shape index (κ2) is 7.66. The molecule has 0 amide bonds. The molecule has 102 valence electrons. The molecule has 1 unspecified atom stereocenters. The van der Waals surface area contributed by atoms with Gasteiger partial charge in [0.05, 0.1) is 12.4 Å². The van der Waals surface area contributed by atoms with Crippen molar-refractivity contribution < 1.29 is 17.9 Å². The fraction of sp³-hybridized carbons (Fsp3) is 0.909. The normalized spacial score (nSPS) is 13.7. The summed E-state index contributed by atoms with van der Waals surface area (Å²) in [6.45, 7) is 4.54. The zero-order chi connectivity index (χ0) is 13.5. The number of esters is 1. The van der Waals surface area contributed by atoms with Gasteiger partial charge >= 0.3 is 5.97 Å². The van der Waals surface area contributed by atoms with Crippen LogP contribution >= 0.6 is 0 Å². The number of ether oxygens (including phenoxy) is 1. The van der Waals surface area contributed by atoms with Crippen LogP contribution < -0.4 is 5.73 Å². The van der Waals surface area contributed by atoms with Gasteiger partial charge in [-0.1, -0.05) is 13.8 Å². The molecule has 0 aromatic rings. The Labute approximate surface area is 104 Å². The van der Waals surface area contributed by atoms with Gasteiger partial charge in [0.2, 0.25) is 0 Å². The molecule has 0 aliphatic rings. The molecule has 0 aliphatic carbocycles. The van der Waals surface area contributed by atoms with Crippen LogP contribution in [0.1, 0.15) is 33.1 Å². The van der Waals surface area contributed by atoms with E-state index in [1.165, 1.54) is 0 Å². The van der Waals surface area contributed by atoms with Gasteiger partial charge in [0.1, 0.15) is 15.9 Å². The van der Waals surface area contributed by atoms with Crippen LogP contribution in [0.5, 0.6) is 0 Å². The van der Waals surface area contributed by atoms with Crippen molar-refractivity contribution in [2.24, 2.45) is 11.7 Å². The van der Waals surface area contributed by atoms with Crippen molar-refractivity contribution in [3.63, 3.8) is 0 Å². The Morgan fingerprint density at radius 1 is 1.29 bits per heavy atom. The van der Waals surface area contributed by atoms with E-state index in [1.807, 2.05) is 0 Å². The maximum atomic E-state index is 11.4. The molecule has 0 rings (SSSR count). The highest BCUT2D eigenvalue weighted by atomic mass is 32.2. The summed E-state index contributed by atoms with van der Waals surface area (Å²) in [6, 6.07) is -0.844. The lowest BCUT2D eigenvalue weighted by atomic mass is 10.1. The van der Waals surface area contributed by atoms with Gasteiger partial charge in [-0.25, -0.2) is 8.42 Å². The smallest absolute Gasteiger partial charge is 0.322 e. The van der Waals surface area contributed by atoms with Crippen LogP contribution in [0.3, 0.4) is 0 Å². The minimum atomic E-state index is -3.08. The highest BCUT2D eigenvalue weighted by Crippen LogP contribution is 2.04. The third-order valence-corrected chi connectivity index (χ3v) is 3.25. The molecule has 17 heavy (non-hydrogen) atoms. The van der Waals surface area contributed by atoms with Gasteiger partial charge in [0, 0.05) is 6.26 Å². The van der Waals surface area contributed by atoms with E-state index in [-0.39, 0.29) is 12.2 Å². The first-order valence-electron chi connectivity index (χ1n) is 5.82.